The number of nitrogens with two attached hydrogens (primary N) is 1. The van der Waals surface area contributed by atoms with Crippen molar-refractivity contribution in [3.63, 3.8) is 0 Å². The van der Waals surface area contributed by atoms with Gasteiger partial charge in [-0.1, -0.05) is 18.2 Å². The number of carbonyl (C=O) groups excluding carboxylic acids is 2. The van der Waals surface area contributed by atoms with E-state index in [9.17, 15) is 14.0 Å². The Bertz CT molecular complexity index is 773. The quantitative estimate of drug-likeness (QED) is 0.743. The highest BCUT2D eigenvalue weighted by Crippen LogP contribution is 2.28. The van der Waals surface area contributed by atoms with E-state index < -0.39 is 11.7 Å². The number of aromatic nitrogens is 1. The van der Waals surface area contributed by atoms with Gasteiger partial charge >= 0.3 is 0 Å². The highest BCUT2D eigenvalue weighted by Gasteiger charge is 2.25. The van der Waals surface area contributed by atoms with Gasteiger partial charge in [-0.3, -0.25) is 9.59 Å². The Kier molecular flexibility index (Phi) is 4.75. The molecule has 1 aromatic heterocycles. The smallest absolute Gasteiger partial charge is 0.273 e. The Balaban J connectivity index is 1.62. The number of nitrogens with zero attached hydrogens (tertiary/aromatic N) is 1. The Morgan fingerprint density at radius 1 is 1.25 bits per heavy atom. The summed E-state index contributed by atoms with van der Waals surface area (Å²) in [5, 5.41) is 5.35. The predicted octanol–water partition coefficient (Wildman–Crippen LogP) is 1.93. The molecule has 6 nitrogen and oxygen atoms in total. The van der Waals surface area contributed by atoms with Crippen molar-refractivity contribution < 1.29 is 14.0 Å². The van der Waals surface area contributed by atoms with Crippen LogP contribution < -0.4 is 16.4 Å². The molecule has 1 aliphatic rings. The van der Waals surface area contributed by atoms with Crippen LogP contribution in [0.25, 0.3) is 0 Å². The Labute approximate surface area is 142 Å². The van der Waals surface area contributed by atoms with Crippen LogP contribution in [0.3, 0.4) is 0 Å². The number of rotatable bonds is 6. The molecule has 4 N–H and O–H groups in total. The topological polar surface area (TPSA) is 97.1 Å². The second-order valence-electron chi connectivity index (χ2n) is 5.70. The lowest BCUT2D eigenvalue weighted by Crippen LogP contribution is -2.27. The van der Waals surface area contributed by atoms with Gasteiger partial charge in [0.15, 0.2) is 5.69 Å². The lowest BCUT2D eigenvalue weighted by molar-refractivity contribution is 0.0947. The van der Waals surface area contributed by atoms with Crippen LogP contribution in [0.15, 0.2) is 24.3 Å². The number of hydrogen-bond acceptors (Lipinski definition) is 5. The SMILES string of the molecule is Nc1c(C(=O)NCC2CC2)nsc1C(=O)NCc1ccccc1F. The summed E-state index contributed by atoms with van der Waals surface area (Å²) in [6.07, 6.45) is 2.24. The fourth-order valence-electron chi connectivity index (χ4n) is 2.16. The molecule has 24 heavy (non-hydrogen) atoms. The van der Waals surface area contributed by atoms with Crippen molar-refractivity contribution in [2.24, 2.45) is 5.92 Å². The first kappa shape index (κ1) is 16.4. The second kappa shape index (κ2) is 6.96. The molecule has 0 atom stereocenters. The van der Waals surface area contributed by atoms with E-state index >= 15 is 0 Å². The predicted molar refractivity (Wildman–Crippen MR) is 89.2 cm³/mol. The lowest BCUT2D eigenvalue weighted by Gasteiger charge is -2.06. The van der Waals surface area contributed by atoms with Gasteiger partial charge in [0.1, 0.15) is 10.7 Å². The molecule has 1 fully saturated rings. The Morgan fingerprint density at radius 3 is 2.71 bits per heavy atom. The van der Waals surface area contributed by atoms with Gasteiger partial charge in [-0.25, -0.2) is 4.39 Å². The van der Waals surface area contributed by atoms with Crippen molar-refractivity contribution in [3.05, 3.63) is 46.2 Å². The van der Waals surface area contributed by atoms with E-state index in [1.807, 2.05) is 0 Å². The number of benzene rings is 1. The minimum absolute atomic E-state index is 0.0338. The zero-order valence-electron chi connectivity index (χ0n) is 12.8. The molecule has 3 rings (SSSR count). The third kappa shape index (κ3) is 3.70. The average Bonchev–Trinajstić information content (AvgIpc) is 3.32. The summed E-state index contributed by atoms with van der Waals surface area (Å²) in [6.45, 7) is 0.636. The third-order valence-corrected chi connectivity index (χ3v) is 4.66. The monoisotopic (exact) mass is 348 g/mol. The molecule has 0 bridgehead atoms. The number of anilines is 1. The molecular formula is C16H17FN4O2S. The van der Waals surface area contributed by atoms with Crippen molar-refractivity contribution in [3.8, 4) is 0 Å². The molecule has 1 aromatic carbocycles. The first-order valence-electron chi connectivity index (χ1n) is 7.61. The highest BCUT2D eigenvalue weighted by molar-refractivity contribution is 7.09. The summed E-state index contributed by atoms with van der Waals surface area (Å²) in [7, 11) is 0. The molecule has 1 aliphatic carbocycles. The van der Waals surface area contributed by atoms with E-state index in [-0.39, 0.29) is 28.7 Å². The number of halogens is 1. The van der Waals surface area contributed by atoms with E-state index in [0.29, 0.717) is 18.0 Å². The minimum atomic E-state index is -0.477. The largest absolute Gasteiger partial charge is 0.395 e. The molecular weight excluding hydrogens is 331 g/mol. The number of hydrogen-bond donors (Lipinski definition) is 3. The van der Waals surface area contributed by atoms with Crippen molar-refractivity contribution in [2.75, 3.05) is 12.3 Å². The van der Waals surface area contributed by atoms with Gasteiger partial charge in [0.2, 0.25) is 0 Å². The number of amides is 2. The molecule has 0 spiro atoms. The lowest BCUT2D eigenvalue weighted by atomic mass is 10.2. The van der Waals surface area contributed by atoms with Crippen LogP contribution in [-0.4, -0.2) is 22.7 Å². The molecule has 1 saturated carbocycles. The molecule has 8 heteroatoms. The fourth-order valence-corrected chi connectivity index (χ4v) is 2.88. The molecule has 2 amide bonds. The summed E-state index contributed by atoms with van der Waals surface area (Å²) < 4.78 is 17.5. The van der Waals surface area contributed by atoms with Crippen molar-refractivity contribution >= 4 is 29.0 Å². The summed E-state index contributed by atoms with van der Waals surface area (Å²) in [5.41, 5.74) is 6.37. The summed E-state index contributed by atoms with van der Waals surface area (Å²) in [5.74, 6) is -0.703. The first-order chi connectivity index (χ1) is 11.6. The second-order valence-corrected chi connectivity index (χ2v) is 6.47. The van der Waals surface area contributed by atoms with E-state index in [2.05, 4.69) is 15.0 Å². The highest BCUT2D eigenvalue weighted by atomic mass is 32.1. The minimum Gasteiger partial charge on any atom is -0.395 e. The number of carbonyl (C=O) groups is 2. The van der Waals surface area contributed by atoms with Gasteiger partial charge in [-0.05, 0) is 36.4 Å². The van der Waals surface area contributed by atoms with Crippen molar-refractivity contribution in [2.45, 2.75) is 19.4 Å². The van der Waals surface area contributed by atoms with Crippen LogP contribution in [-0.2, 0) is 6.54 Å². The molecule has 0 unspecified atom stereocenters. The van der Waals surface area contributed by atoms with E-state index in [4.69, 9.17) is 5.73 Å². The van der Waals surface area contributed by atoms with E-state index in [0.717, 1.165) is 24.4 Å². The number of nitrogen functional groups attached to an aromatic ring is 1. The average molecular weight is 348 g/mol. The van der Waals surface area contributed by atoms with Crippen molar-refractivity contribution in [1.29, 1.82) is 0 Å². The first-order valence-corrected chi connectivity index (χ1v) is 8.38. The maximum absolute atomic E-state index is 13.5. The van der Waals surface area contributed by atoms with Crippen LogP contribution in [0.2, 0.25) is 0 Å². The van der Waals surface area contributed by atoms with Gasteiger partial charge in [0, 0.05) is 18.7 Å². The van der Waals surface area contributed by atoms with Crippen LogP contribution in [0, 0.1) is 11.7 Å². The molecule has 1 heterocycles. The number of nitrogens with one attached hydrogen (secondary N) is 2. The molecule has 0 aliphatic heterocycles. The summed E-state index contributed by atoms with van der Waals surface area (Å²) in [6, 6.07) is 6.18. The summed E-state index contributed by atoms with van der Waals surface area (Å²) >= 11 is 0.860. The maximum atomic E-state index is 13.5. The fraction of sp³-hybridized carbons (Fsp3) is 0.312. The van der Waals surface area contributed by atoms with E-state index in [1.165, 1.54) is 6.07 Å². The van der Waals surface area contributed by atoms with Crippen LogP contribution in [0.1, 0.15) is 38.6 Å². The van der Waals surface area contributed by atoms with Crippen LogP contribution in [0.4, 0.5) is 10.1 Å². The standard InChI is InChI=1S/C16H17FN4O2S/c17-11-4-2-1-3-10(11)8-20-16(23)14-12(18)13(21-24-14)15(22)19-7-9-5-6-9/h1-4,9H,5-8,18H2,(H,19,22)(H,20,23). The van der Waals surface area contributed by atoms with Crippen LogP contribution in [0.5, 0.6) is 0 Å². The Morgan fingerprint density at radius 2 is 2.00 bits per heavy atom. The van der Waals surface area contributed by atoms with Gasteiger partial charge in [0.25, 0.3) is 11.8 Å². The normalized spacial score (nSPS) is 13.5. The third-order valence-electron chi connectivity index (χ3n) is 3.79. The molecule has 126 valence electrons. The van der Waals surface area contributed by atoms with Crippen molar-refractivity contribution in [1.82, 2.24) is 15.0 Å². The van der Waals surface area contributed by atoms with Gasteiger partial charge in [-0.2, -0.15) is 4.37 Å². The van der Waals surface area contributed by atoms with Gasteiger partial charge in [-0.15, -0.1) is 0 Å². The van der Waals surface area contributed by atoms with Gasteiger partial charge < -0.3 is 16.4 Å². The molecule has 0 saturated heterocycles. The van der Waals surface area contributed by atoms with E-state index in [1.54, 1.807) is 18.2 Å². The zero-order valence-corrected chi connectivity index (χ0v) is 13.7. The zero-order chi connectivity index (χ0) is 17.1. The maximum Gasteiger partial charge on any atom is 0.273 e. The summed E-state index contributed by atoms with van der Waals surface area (Å²) in [4.78, 5) is 24.4. The van der Waals surface area contributed by atoms with Crippen LogP contribution >= 0.6 is 11.5 Å². The molecule has 0 radical (unpaired) electrons. The van der Waals surface area contributed by atoms with Gasteiger partial charge in [0.05, 0.1) is 5.69 Å². The molecule has 2 aromatic rings. The Hall–Kier alpha value is -2.48.